The Labute approximate surface area is 166 Å². The van der Waals surface area contributed by atoms with Crippen molar-refractivity contribution in [1.82, 2.24) is 5.32 Å². The summed E-state index contributed by atoms with van der Waals surface area (Å²) in [6.45, 7) is 1.93. The van der Waals surface area contributed by atoms with Crippen LogP contribution >= 0.6 is 11.6 Å². The average molecular weight is 399 g/mol. The molecule has 0 spiro atoms. The minimum Gasteiger partial charge on any atom is -0.369 e. The third-order valence-corrected chi connectivity index (χ3v) is 4.17. The molecule has 1 unspecified atom stereocenters. The Morgan fingerprint density at radius 3 is 2.79 bits per heavy atom. The van der Waals surface area contributed by atoms with Gasteiger partial charge in [0.2, 0.25) is 17.8 Å². The fraction of sp³-hybridized carbons (Fsp3) is 0.158. The van der Waals surface area contributed by atoms with Crippen LogP contribution in [0, 0.1) is 6.92 Å². The van der Waals surface area contributed by atoms with E-state index in [-0.39, 0.29) is 24.2 Å². The Hall–Kier alpha value is -3.39. The van der Waals surface area contributed by atoms with Gasteiger partial charge in [-0.25, -0.2) is 4.99 Å². The first kappa shape index (κ1) is 19.4. The van der Waals surface area contributed by atoms with Crippen LogP contribution in [-0.2, 0) is 9.59 Å². The standard InChI is InChI=1S/C19H19ClN6O2/c1-11-5-2-3-8-14(11)23-18(21)26-19-24-15(17(28)25-19)10-16(27)22-13-7-4-6-12(20)9-13/h2-9,15H,10H2,1H3,(H,22,27)(H4,21,23,24,25,26,28). The number of carbonyl (C=O) groups is 2. The quantitative estimate of drug-likeness (QED) is 0.466. The molecule has 1 atom stereocenters. The van der Waals surface area contributed by atoms with Crippen LogP contribution in [0.1, 0.15) is 12.0 Å². The molecule has 0 bridgehead atoms. The molecular formula is C19H19ClN6O2. The van der Waals surface area contributed by atoms with Gasteiger partial charge >= 0.3 is 0 Å². The number of guanidine groups is 2. The zero-order valence-electron chi connectivity index (χ0n) is 15.1. The molecule has 5 N–H and O–H groups in total. The molecule has 28 heavy (non-hydrogen) atoms. The zero-order valence-corrected chi connectivity index (χ0v) is 15.8. The van der Waals surface area contributed by atoms with Crippen molar-refractivity contribution < 1.29 is 9.59 Å². The van der Waals surface area contributed by atoms with Crippen molar-refractivity contribution in [3.05, 3.63) is 59.1 Å². The number of nitrogens with one attached hydrogen (secondary N) is 3. The van der Waals surface area contributed by atoms with E-state index in [1.165, 1.54) is 0 Å². The van der Waals surface area contributed by atoms with Crippen LogP contribution in [0.2, 0.25) is 5.02 Å². The predicted molar refractivity (Wildman–Crippen MR) is 110 cm³/mol. The van der Waals surface area contributed by atoms with Gasteiger partial charge in [0.1, 0.15) is 6.04 Å². The topological polar surface area (TPSA) is 121 Å². The van der Waals surface area contributed by atoms with Crippen molar-refractivity contribution in [3.63, 3.8) is 0 Å². The molecule has 0 radical (unpaired) electrons. The maximum Gasteiger partial charge on any atom is 0.252 e. The number of para-hydroxylation sites is 1. The van der Waals surface area contributed by atoms with E-state index in [9.17, 15) is 9.59 Å². The lowest BCUT2D eigenvalue weighted by Crippen LogP contribution is -2.32. The zero-order chi connectivity index (χ0) is 20.1. The molecule has 0 saturated heterocycles. The molecule has 0 saturated carbocycles. The first-order valence-corrected chi connectivity index (χ1v) is 8.89. The Bertz CT molecular complexity index is 972. The van der Waals surface area contributed by atoms with E-state index in [0.717, 1.165) is 11.3 Å². The van der Waals surface area contributed by atoms with E-state index in [2.05, 4.69) is 25.9 Å². The third kappa shape index (κ3) is 5.08. The summed E-state index contributed by atoms with van der Waals surface area (Å²) in [5.74, 6) is -0.632. The number of hydrogen-bond donors (Lipinski definition) is 4. The summed E-state index contributed by atoms with van der Waals surface area (Å²) in [4.78, 5) is 32.4. The van der Waals surface area contributed by atoms with E-state index in [1.807, 2.05) is 31.2 Å². The highest BCUT2D eigenvalue weighted by atomic mass is 35.5. The van der Waals surface area contributed by atoms with Gasteiger partial charge in [-0.1, -0.05) is 35.9 Å². The molecule has 1 aliphatic heterocycles. The minimum atomic E-state index is -0.871. The highest BCUT2D eigenvalue weighted by Crippen LogP contribution is 2.16. The van der Waals surface area contributed by atoms with Gasteiger partial charge in [-0.3, -0.25) is 14.9 Å². The highest BCUT2D eigenvalue weighted by molar-refractivity contribution is 6.30. The molecule has 0 aliphatic carbocycles. The number of amides is 2. The van der Waals surface area contributed by atoms with E-state index >= 15 is 0 Å². The summed E-state index contributed by atoms with van der Waals surface area (Å²) in [7, 11) is 0. The molecule has 1 heterocycles. The Morgan fingerprint density at radius 1 is 1.25 bits per heavy atom. The second kappa shape index (κ2) is 8.53. The Kier molecular flexibility index (Phi) is 5.90. The lowest BCUT2D eigenvalue weighted by molar-refractivity contribution is -0.123. The monoisotopic (exact) mass is 398 g/mol. The molecule has 2 aromatic rings. The van der Waals surface area contributed by atoms with Crippen LogP contribution in [0.5, 0.6) is 0 Å². The number of hydrogen-bond acceptors (Lipinski definition) is 4. The summed E-state index contributed by atoms with van der Waals surface area (Å²) < 4.78 is 0. The summed E-state index contributed by atoms with van der Waals surface area (Å²) in [6, 6.07) is 13.4. The van der Waals surface area contributed by atoms with Crippen molar-refractivity contribution in [1.29, 1.82) is 0 Å². The van der Waals surface area contributed by atoms with E-state index < -0.39 is 11.9 Å². The number of aliphatic imine (C=N–C) groups is 2. The van der Waals surface area contributed by atoms with Crippen LogP contribution in [0.4, 0.5) is 11.4 Å². The van der Waals surface area contributed by atoms with Gasteiger partial charge in [0.25, 0.3) is 5.91 Å². The number of halogens is 1. The van der Waals surface area contributed by atoms with E-state index in [4.69, 9.17) is 17.3 Å². The smallest absolute Gasteiger partial charge is 0.252 e. The lowest BCUT2D eigenvalue weighted by atomic mass is 10.2. The van der Waals surface area contributed by atoms with Crippen molar-refractivity contribution in [2.45, 2.75) is 19.4 Å². The van der Waals surface area contributed by atoms with Gasteiger partial charge in [-0.15, -0.1) is 0 Å². The van der Waals surface area contributed by atoms with Crippen LogP contribution in [-0.4, -0.2) is 29.8 Å². The fourth-order valence-corrected chi connectivity index (χ4v) is 2.76. The lowest BCUT2D eigenvalue weighted by Gasteiger charge is -2.07. The Morgan fingerprint density at radius 2 is 2.04 bits per heavy atom. The molecule has 144 valence electrons. The molecule has 0 aromatic heterocycles. The van der Waals surface area contributed by atoms with Gasteiger partial charge in [0, 0.05) is 16.4 Å². The number of nitrogens with two attached hydrogens (primary N) is 1. The summed E-state index contributed by atoms with van der Waals surface area (Å²) in [6.07, 6.45) is -0.123. The first-order valence-electron chi connectivity index (χ1n) is 8.51. The Balaban J connectivity index is 1.62. The first-order chi connectivity index (χ1) is 13.4. The van der Waals surface area contributed by atoms with Crippen molar-refractivity contribution in [3.8, 4) is 0 Å². The second-order valence-electron chi connectivity index (χ2n) is 6.16. The fourth-order valence-electron chi connectivity index (χ4n) is 2.57. The molecule has 0 fully saturated rings. The molecule has 8 nitrogen and oxygen atoms in total. The number of carbonyl (C=O) groups excluding carboxylic acids is 2. The van der Waals surface area contributed by atoms with Gasteiger partial charge < -0.3 is 16.4 Å². The molecule has 9 heteroatoms. The molecule has 1 aliphatic rings. The van der Waals surface area contributed by atoms with Crippen LogP contribution in [0.3, 0.4) is 0 Å². The number of rotatable bonds is 4. The van der Waals surface area contributed by atoms with Crippen LogP contribution < -0.4 is 21.7 Å². The minimum absolute atomic E-state index is 0.0594. The third-order valence-electron chi connectivity index (χ3n) is 3.94. The van der Waals surface area contributed by atoms with Crippen molar-refractivity contribution in [2.24, 2.45) is 15.7 Å². The SMILES string of the molecule is Cc1ccccc1N/C(N)=N/C1=NC(CC(=O)Nc2cccc(Cl)c2)C(=O)N1. The molecular weight excluding hydrogens is 380 g/mol. The van der Waals surface area contributed by atoms with Crippen molar-refractivity contribution in [2.75, 3.05) is 10.6 Å². The molecule has 2 aromatic carbocycles. The largest absolute Gasteiger partial charge is 0.369 e. The van der Waals surface area contributed by atoms with Gasteiger partial charge in [0.05, 0.1) is 6.42 Å². The summed E-state index contributed by atoms with van der Waals surface area (Å²) >= 11 is 5.89. The normalized spacial score (nSPS) is 16.4. The number of benzene rings is 2. The van der Waals surface area contributed by atoms with E-state index in [0.29, 0.717) is 10.7 Å². The van der Waals surface area contributed by atoms with Gasteiger partial charge in [0.15, 0.2) is 0 Å². The second-order valence-corrected chi connectivity index (χ2v) is 6.59. The molecule has 3 rings (SSSR count). The summed E-state index contributed by atoms with van der Waals surface area (Å²) in [5, 5.41) is 8.65. The van der Waals surface area contributed by atoms with Crippen LogP contribution in [0.25, 0.3) is 0 Å². The number of nitrogens with zero attached hydrogens (tertiary/aromatic N) is 2. The van der Waals surface area contributed by atoms with Gasteiger partial charge in [-0.05, 0) is 36.8 Å². The maximum atomic E-state index is 12.2. The highest BCUT2D eigenvalue weighted by Gasteiger charge is 2.28. The molecule has 2 amide bonds. The van der Waals surface area contributed by atoms with Crippen LogP contribution in [0.15, 0.2) is 58.5 Å². The number of anilines is 2. The van der Waals surface area contributed by atoms with Gasteiger partial charge in [-0.2, -0.15) is 4.99 Å². The average Bonchev–Trinajstić information content (AvgIpc) is 2.95. The summed E-state index contributed by atoms with van der Waals surface area (Å²) in [5.41, 5.74) is 8.22. The van der Waals surface area contributed by atoms with E-state index in [1.54, 1.807) is 24.3 Å². The predicted octanol–water partition coefficient (Wildman–Crippen LogP) is 2.26. The van der Waals surface area contributed by atoms with Crippen molar-refractivity contribution >= 4 is 46.7 Å². The number of aryl methyl sites for hydroxylation is 1. The maximum absolute atomic E-state index is 12.2.